The summed E-state index contributed by atoms with van der Waals surface area (Å²) in [5, 5.41) is 3.05. The van der Waals surface area contributed by atoms with Crippen LogP contribution in [0.4, 0.5) is 5.00 Å². The molecule has 2 amide bonds. The molecule has 21 heavy (non-hydrogen) atoms. The van der Waals surface area contributed by atoms with Gasteiger partial charge in [0.25, 0.3) is 5.91 Å². The minimum atomic E-state index is -0.609. The number of thiophene rings is 1. The number of nitrogens with one attached hydrogen (secondary N) is 1. The van der Waals surface area contributed by atoms with Gasteiger partial charge in [0, 0.05) is 14.0 Å². The fraction of sp³-hybridized carbons (Fsp3) is 0.500. The first-order valence-electron chi connectivity index (χ1n) is 6.46. The van der Waals surface area contributed by atoms with Crippen molar-refractivity contribution in [2.75, 3.05) is 18.5 Å². The van der Waals surface area contributed by atoms with Crippen LogP contribution in [0.3, 0.4) is 0 Å². The minimum Gasteiger partial charge on any atom is -0.459 e. The molecular formula is C14H20N2O4S. The van der Waals surface area contributed by atoms with Crippen LogP contribution in [0.25, 0.3) is 0 Å². The van der Waals surface area contributed by atoms with Gasteiger partial charge < -0.3 is 10.1 Å². The first kappa shape index (κ1) is 17.2. The summed E-state index contributed by atoms with van der Waals surface area (Å²) in [5.74, 6) is -1.01. The van der Waals surface area contributed by atoms with E-state index in [1.54, 1.807) is 32.9 Å². The molecule has 0 saturated carbocycles. The highest BCUT2D eigenvalue weighted by atomic mass is 32.1. The number of amides is 2. The fourth-order valence-electron chi connectivity index (χ4n) is 1.57. The Hall–Kier alpha value is -1.89. The summed E-state index contributed by atoms with van der Waals surface area (Å²) < 4.78 is 5.21. The van der Waals surface area contributed by atoms with Gasteiger partial charge in [-0.25, -0.2) is 0 Å². The van der Waals surface area contributed by atoms with E-state index >= 15 is 0 Å². The van der Waals surface area contributed by atoms with Crippen LogP contribution in [0.15, 0.2) is 12.1 Å². The van der Waals surface area contributed by atoms with Gasteiger partial charge in [-0.15, -0.1) is 11.3 Å². The zero-order chi connectivity index (χ0) is 16.2. The van der Waals surface area contributed by atoms with Crippen LogP contribution in [0.2, 0.25) is 0 Å². The number of nitrogens with zero attached hydrogens (tertiary/aromatic N) is 1. The Kier molecular flexibility index (Phi) is 5.48. The lowest BCUT2D eigenvalue weighted by Crippen LogP contribution is -2.37. The number of ether oxygens (including phenoxy) is 1. The third-order valence-electron chi connectivity index (χ3n) is 2.40. The summed E-state index contributed by atoms with van der Waals surface area (Å²) in [7, 11) is 1.53. The average Bonchev–Trinajstić information content (AvgIpc) is 2.81. The predicted molar refractivity (Wildman–Crippen MR) is 81.6 cm³/mol. The van der Waals surface area contributed by atoms with Crippen LogP contribution in [0, 0.1) is 0 Å². The minimum absolute atomic E-state index is 0.180. The van der Waals surface area contributed by atoms with Gasteiger partial charge in [-0.1, -0.05) is 0 Å². The molecule has 0 unspecified atom stereocenters. The van der Waals surface area contributed by atoms with Gasteiger partial charge in [-0.3, -0.25) is 19.3 Å². The standard InChI is InChI=1S/C14H20N2O4S/c1-9(17)16(8-12(18)20-14(2,3)4)11-7-6-10(21-11)13(19)15-5/h6-7H,8H2,1-5H3,(H,15,19). The Morgan fingerprint density at radius 1 is 1.29 bits per heavy atom. The smallest absolute Gasteiger partial charge is 0.326 e. The highest BCUT2D eigenvalue weighted by Crippen LogP contribution is 2.26. The van der Waals surface area contributed by atoms with Crippen LogP contribution >= 0.6 is 11.3 Å². The molecule has 0 aliphatic rings. The molecule has 0 saturated heterocycles. The van der Waals surface area contributed by atoms with Gasteiger partial charge in [0.2, 0.25) is 5.91 Å². The van der Waals surface area contributed by atoms with Crippen molar-refractivity contribution in [3.05, 3.63) is 17.0 Å². The summed E-state index contributed by atoms with van der Waals surface area (Å²) in [6.07, 6.45) is 0. The Bertz CT molecular complexity index is 545. The zero-order valence-corrected chi connectivity index (χ0v) is 13.7. The highest BCUT2D eigenvalue weighted by molar-refractivity contribution is 7.18. The number of hydrogen-bond acceptors (Lipinski definition) is 5. The normalized spacial score (nSPS) is 10.9. The molecule has 0 fully saturated rings. The molecule has 0 radical (unpaired) electrons. The molecule has 6 nitrogen and oxygen atoms in total. The molecule has 0 aliphatic carbocycles. The molecule has 0 aromatic carbocycles. The summed E-state index contributed by atoms with van der Waals surface area (Å²) in [6, 6.07) is 3.25. The highest BCUT2D eigenvalue weighted by Gasteiger charge is 2.23. The molecule has 1 aromatic rings. The predicted octanol–water partition coefficient (Wildman–Crippen LogP) is 1.80. The van der Waals surface area contributed by atoms with E-state index in [9.17, 15) is 14.4 Å². The number of carbonyl (C=O) groups excluding carboxylic acids is 3. The van der Waals surface area contributed by atoms with E-state index in [2.05, 4.69) is 5.32 Å². The topological polar surface area (TPSA) is 75.7 Å². The van der Waals surface area contributed by atoms with Gasteiger partial charge in [-0.2, -0.15) is 0 Å². The van der Waals surface area contributed by atoms with E-state index in [1.165, 1.54) is 18.9 Å². The largest absolute Gasteiger partial charge is 0.459 e. The van der Waals surface area contributed by atoms with Crippen LogP contribution in [0.5, 0.6) is 0 Å². The summed E-state index contributed by atoms with van der Waals surface area (Å²) in [4.78, 5) is 36.9. The number of anilines is 1. The SMILES string of the molecule is CNC(=O)c1ccc(N(CC(=O)OC(C)(C)C)C(C)=O)s1. The van der Waals surface area contributed by atoms with Gasteiger partial charge in [0.15, 0.2) is 0 Å². The molecule has 1 N–H and O–H groups in total. The van der Waals surface area contributed by atoms with Gasteiger partial charge >= 0.3 is 5.97 Å². The lowest BCUT2D eigenvalue weighted by atomic mass is 10.2. The Labute approximate surface area is 128 Å². The Morgan fingerprint density at radius 3 is 2.38 bits per heavy atom. The van der Waals surface area contributed by atoms with Crippen LogP contribution in [-0.2, 0) is 14.3 Å². The Morgan fingerprint density at radius 2 is 1.90 bits per heavy atom. The first-order valence-corrected chi connectivity index (χ1v) is 7.27. The van der Waals surface area contributed by atoms with E-state index in [1.807, 2.05) is 0 Å². The third-order valence-corrected chi connectivity index (χ3v) is 3.50. The molecule has 7 heteroatoms. The van der Waals surface area contributed by atoms with Crippen molar-refractivity contribution in [1.29, 1.82) is 0 Å². The molecule has 1 heterocycles. The average molecular weight is 312 g/mol. The molecule has 0 atom stereocenters. The molecular weight excluding hydrogens is 292 g/mol. The van der Waals surface area contributed by atoms with Crippen molar-refractivity contribution < 1.29 is 19.1 Å². The second kappa shape index (κ2) is 6.71. The Balaban J connectivity index is 2.88. The maximum Gasteiger partial charge on any atom is 0.326 e. The van der Waals surface area contributed by atoms with Crippen molar-refractivity contribution in [1.82, 2.24) is 5.32 Å². The van der Waals surface area contributed by atoms with Gasteiger partial charge in [0.1, 0.15) is 12.1 Å². The summed E-state index contributed by atoms with van der Waals surface area (Å²) in [6.45, 7) is 6.47. The zero-order valence-electron chi connectivity index (χ0n) is 12.9. The summed E-state index contributed by atoms with van der Waals surface area (Å²) in [5.41, 5.74) is -0.609. The molecule has 0 spiro atoms. The quantitative estimate of drug-likeness (QED) is 0.860. The number of rotatable bonds is 4. The van der Waals surface area contributed by atoms with Crippen LogP contribution < -0.4 is 10.2 Å². The lowest BCUT2D eigenvalue weighted by molar-refractivity contribution is -0.153. The number of carbonyl (C=O) groups is 3. The molecule has 0 aliphatic heterocycles. The molecule has 1 aromatic heterocycles. The monoisotopic (exact) mass is 312 g/mol. The van der Waals surface area contributed by atoms with E-state index in [-0.39, 0.29) is 18.4 Å². The van der Waals surface area contributed by atoms with Crippen molar-refractivity contribution in [2.24, 2.45) is 0 Å². The van der Waals surface area contributed by atoms with Gasteiger partial charge in [-0.05, 0) is 32.9 Å². The summed E-state index contributed by atoms with van der Waals surface area (Å²) >= 11 is 1.15. The lowest BCUT2D eigenvalue weighted by Gasteiger charge is -2.23. The molecule has 0 bridgehead atoms. The second-order valence-corrected chi connectivity index (χ2v) is 6.47. The molecule has 1 rings (SSSR count). The molecule has 116 valence electrons. The van der Waals surface area contributed by atoms with Crippen molar-refractivity contribution in [3.8, 4) is 0 Å². The first-order chi connectivity index (χ1) is 9.64. The number of hydrogen-bond donors (Lipinski definition) is 1. The van der Waals surface area contributed by atoms with Crippen LogP contribution in [0.1, 0.15) is 37.4 Å². The van der Waals surface area contributed by atoms with E-state index < -0.39 is 11.6 Å². The van der Waals surface area contributed by atoms with E-state index in [4.69, 9.17) is 4.74 Å². The van der Waals surface area contributed by atoms with Gasteiger partial charge in [0.05, 0.1) is 9.88 Å². The maximum atomic E-state index is 11.9. The van der Waals surface area contributed by atoms with Crippen LogP contribution in [-0.4, -0.2) is 37.0 Å². The van der Waals surface area contributed by atoms with E-state index in [0.29, 0.717) is 9.88 Å². The maximum absolute atomic E-state index is 11.9. The third kappa shape index (κ3) is 5.18. The van der Waals surface area contributed by atoms with Crippen molar-refractivity contribution in [2.45, 2.75) is 33.3 Å². The second-order valence-electron chi connectivity index (χ2n) is 5.41. The number of esters is 1. The van der Waals surface area contributed by atoms with E-state index in [0.717, 1.165) is 11.3 Å². The van der Waals surface area contributed by atoms with Crippen molar-refractivity contribution in [3.63, 3.8) is 0 Å². The fourth-order valence-corrected chi connectivity index (χ4v) is 2.56. The van der Waals surface area contributed by atoms with Crippen molar-refractivity contribution >= 4 is 34.1 Å².